The SMILES string of the molecule is COc1ccc(C(Cl)c2ccccc2Br)c(OC)c1Br. The van der Waals surface area contributed by atoms with Gasteiger partial charge < -0.3 is 9.47 Å². The first-order chi connectivity index (χ1) is 9.60. The molecule has 0 aromatic heterocycles. The number of rotatable bonds is 4. The van der Waals surface area contributed by atoms with Crippen molar-refractivity contribution in [3.05, 3.63) is 56.5 Å². The number of hydrogen-bond acceptors (Lipinski definition) is 2. The minimum absolute atomic E-state index is 0.317. The van der Waals surface area contributed by atoms with Crippen LogP contribution in [-0.4, -0.2) is 14.2 Å². The molecule has 106 valence electrons. The average molecular weight is 421 g/mol. The van der Waals surface area contributed by atoms with Gasteiger partial charge in [0.1, 0.15) is 16.0 Å². The van der Waals surface area contributed by atoms with Crippen molar-refractivity contribution < 1.29 is 9.47 Å². The summed E-state index contributed by atoms with van der Waals surface area (Å²) in [5.41, 5.74) is 1.87. The first-order valence-corrected chi connectivity index (χ1v) is 7.91. The summed E-state index contributed by atoms with van der Waals surface area (Å²) in [6.07, 6.45) is 0. The maximum absolute atomic E-state index is 6.62. The van der Waals surface area contributed by atoms with E-state index in [1.54, 1.807) is 14.2 Å². The number of methoxy groups -OCH3 is 2. The predicted octanol–water partition coefficient (Wildman–Crippen LogP) is 5.56. The molecule has 20 heavy (non-hydrogen) atoms. The quantitative estimate of drug-likeness (QED) is 0.603. The fraction of sp³-hybridized carbons (Fsp3) is 0.200. The Morgan fingerprint density at radius 3 is 2.25 bits per heavy atom. The van der Waals surface area contributed by atoms with Crippen molar-refractivity contribution in [3.8, 4) is 11.5 Å². The largest absolute Gasteiger partial charge is 0.495 e. The topological polar surface area (TPSA) is 18.5 Å². The Morgan fingerprint density at radius 1 is 0.950 bits per heavy atom. The third-order valence-corrected chi connectivity index (χ3v) is 4.91. The van der Waals surface area contributed by atoms with Gasteiger partial charge in [-0.25, -0.2) is 0 Å². The zero-order valence-electron chi connectivity index (χ0n) is 11.0. The Hall–Kier alpha value is -0.710. The first-order valence-electron chi connectivity index (χ1n) is 5.89. The monoisotopic (exact) mass is 418 g/mol. The van der Waals surface area contributed by atoms with E-state index < -0.39 is 0 Å². The molecule has 0 N–H and O–H groups in total. The summed E-state index contributed by atoms with van der Waals surface area (Å²) in [5.74, 6) is 1.39. The van der Waals surface area contributed by atoms with Crippen molar-refractivity contribution in [2.75, 3.05) is 14.2 Å². The number of alkyl halides is 1. The van der Waals surface area contributed by atoms with Crippen LogP contribution in [0.1, 0.15) is 16.5 Å². The second kappa shape index (κ2) is 6.83. The van der Waals surface area contributed by atoms with Crippen LogP contribution in [0.3, 0.4) is 0 Å². The molecular formula is C15H13Br2ClO2. The molecule has 0 fully saturated rings. The normalized spacial score (nSPS) is 12.1. The Kier molecular flexibility index (Phi) is 5.35. The molecule has 2 aromatic rings. The third-order valence-electron chi connectivity index (χ3n) is 2.97. The molecule has 5 heteroatoms. The fourth-order valence-corrected chi connectivity index (χ4v) is 3.66. The number of benzene rings is 2. The van der Waals surface area contributed by atoms with E-state index in [0.29, 0.717) is 11.5 Å². The summed E-state index contributed by atoms with van der Waals surface area (Å²) < 4.78 is 12.5. The summed E-state index contributed by atoms with van der Waals surface area (Å²) in [5, 5.41) is -0.317. The zero-order chi connectivity index (χ0) is 14.7. The molecule has 2 nitrogen and oxygen atoms in total. The Balaban J connectivity index is 2.53. The molecule has 0 radical (unpaired) electrons. The average Bonchev–Trinajstić information content (AvgIpc) is 2.46. The molecule has 1 unspecified atom stereocenters. The molecule has 1 atom stereocenters. The molecule has 0 saturated carbocycles. The van der Waals surface area contributed by atoms with Crippen molar-refractivity contribution in [2.24, 2.45) is 0 Å². The van der Waals surface area contributed by atoms with Gasteiger partial charge in [-0.3, -0.25) is 0 Å². The Bertz CT molecular complexity index is 617. The van der Waals surface area contributed by atoms with Crippen LogP contribution in [-0.2, 0) is 0 Å². The van der Waals surface area contributed by atoms with Crippen LogP contribution < -0.4 is 9.47 Å². The number of halogens is 3. The highest BCUT2D eigenvalue weighted by molar-refractivity contribution is 9.11. The van der Waals surface area contributed by atoms with Crippen LogP contribution >= 0.6 is 43.5 Å². The maximum Gasteiger partial charge on any atom is 0.141 e. The van der Waals surface area contributed by atoms with E-state index in [-0.39, 0.29) is 5.38 Å². The minimum Gasteiger partial charge on any atom is -0.495 e. The molecule has 0 aliphatic rings. The van der Waals surface area contributed by atoms with E-state index >= 15 is 0 Å². The van der Waals surface area contributed by atoms with Crippen LogP contribution in [0.15, 0.2) is 45.3 Å². The van der Waals surface area contributed by atoms with E-state index in [2.05, 4.69) is 31.9 Å². The van der Waals surface area contributed by atoms with Gasteiger partial charge >= 0.3 is 0 Å². The third kappa shape index (κ3) is 2.97. The molecule has 0 aliphatic carbocycles. The molecule has 0 heterocycles. The highest BCUT2D eigenvalue weighted by atomic mass is 79.9. The molecule has 0 spiro atoms. The van der Waals surface area contributed by atoms with E-state index in [1.807, 2.05) is 36.4 Å². The van der Waals surface area contributed by atoms with Gasteiger partial charge in [-0.15, -0.1) is 11.6 Å². The van der Waals surface area contributed by atoms with Gasteiger partial charge in [-0.1, -0.05) is 34.1 Å². The summed E-state index contributed by atoms with van der Waals surface area (Å²) in [6, 6.07) is 11.7. The Labute approximate surface area is 140 Å². The zero-order valence-corrected chi connectivity index (χ0v) is 14.9. The van der Waals surface area contributed by atoms with Gasteiger partial charge in [0.25, 0.3) is 0 Å². The van der Waals surface area contributed by atoms with Crippen LogP contribution in [0.25, 0.3) is 0 Å². The fourth-order valence-electron chi connectivity index (χ4n) is 1.97. The van der Waals surface area contributed by atoms with Crippen molar-refractivity contribution in [1.82, 2.24) is 0 Å². The summed E-state index contributed by atoms with van der Waals surface area (Å²) in [7, 11) is 3.23. The lowest BCUT2D eigenvalue weighted by atomic mass is 10.0. The molecular weight excluding hydrogens is 407 g/mol. The van der Waals surface area contributed by atoms with Gasteiger partial charge in [-0.05, 0) is 39.7 Å². The number of hydrogen-bond donors (Lipinski definition) is 0. The van der Waals surface area contributed by atoms with E-state index in [1.165, 1.54) is 0 Å². The molecule has 0 amide bonds. The Morgan fingerprint density at radius 2 is 1.65 bits per heavy atom. The molecule has 2 aromatic carbocycles. The van der Waals surface area contributed by atoms with Gasteiger partial charge in [-0.2, -0.15) is 0 Å². The van der Waals surface area contributed by atoms with Crippen molar-refractivity contribution in [2.45, 2.75) is 5.38 Å². The minimum atomic E-state index is -0.317. The predicted molar refractivity (Wildman–Crippen MR) is 89.1 cm³/mol. The standard InChI is InChI=1S/C15H13Br2ClO2/c1-19-12-8-7-10(15(20-2)13(12)17)14(18)9-5-3-4-6-11(9)16/h3-8,14H,1-2H3. The highest BCUT2D eigenvalue weighted by Crippen LogP contribution is 2.44. The lowest BCUT2D eigenvalue weighted by Crippen LogP contribution is -2.00. The summed E-state index contributed by atoms with van der Waals surface area (Å²) >= 11 is 13.6. The molecule has 0 saturated heterocycles. The maximum atomic E-state index is 6.62. The first kappa shape index (κ1) is 15.7. The van der Waals surface area contributed by atoms with Crippen molar-refractivity contribution in [1.29, 1.82) is 0 Å². The number of ether oxygens (including phenoxy) is 2. The highest BCUT2D eigenvalue weighted by Gasteiger charge is 2.21. The van der Waals surface area contributed by atoms with Crippen LogP contribution in [0.2, 0.25) is 0 Å². The van der Waals surface area contributed by atoms with Gasteiger partial charge in [0.05, 0.1) is 19.6 Å². The lowest BCUT2D eigenvalue weighted by Gasteiger charge is -2.18. The molecule has 0 aliphatic heterocycles. The van der Waals surface area contributed by atoms with E-state index in [4.69, 9.17) is 21.1 Å². The van der Waals surface area contributed by atoms with Crippen LogP contribution in [0, 0.1) is 0 Å². The molecule has 2 rings (SSSR count). The van der Waals surface area contributed by atoms with Crippen LogP contribution in [0.4, 0.5) is 0 Å². The molecule has 0 bridgehead atoms. The van der Waals surface area contributed by atoms with Gasteiger partial charge in [0, 0.05) is 10.0 Å². The van der Waals surface area contributed by atoms with Crippen molar-refractivity contribution >= 4 is 43.5 Å². The van der Waals surface area contributed by atoms with Gasteiger partial charge in [0.2, 0.25) is 0 Å². The second-order valence-corrected chi connectivity index (χ2v) is 6.17. The van der Waals surface area contributed by atoms with Crippen LogP contribution in [0.5, 0.6) is 11.5 Å². The van der Waals surface area contributed by atoms with Crippen molar-refractivity contribution in [3.63, 3.8) is 0 Å². The lowest BCUT2D eigenvalue weighted by molar-refractivity contribution is 0.386. The second-order valence-electron chi connectivity index (χ2n) is 4.09. The van der Waals surface area contributed by atoms with E-state index in [9.17, 15) is 0 Å². The van der Waals surface area contributed by atoms with E-state index in [0.717, 1.165) is 20.1 Å². The summed E-state index contributed by atoms with van der Waals surface area (Å²) in [6.45, 7) is 0. The summed E-state index contributed by atoms with van der Waals surface area (Å²) in [4.78, 5) is 0. The smallest absolute Gasteiger partial charge is 0.141 e. The van der Waals surface area contributed by atoms with Gasteiger partial charge in [0.15, 0.2) is 0 Å².